The van der Waals surface area contributed by atoms with Crippen LogP contribution in [0.25, 0.3) is 10.6 Å². The summed E-state index contributed by atoms with van der Waals surface area (Å²) in [5.74, 6) is -0.00587. The fourth-order valence-corrected chi connectivity index (χ4v) is 2.26. The van der Waals surface area contributed by atoms with Crippen molar-refractivity contribution in [2.45, 2.75) is 13.8 Å². The quantitative estimate of drug-likeness (QED) is 0.624. The lowest BCUT2D eigenvalue weighted by Crippen LogP contribution is -2.21. The van der Waals surface area contributed by atoms with Crippen LogP contribution in [0.5, 0.6) is 0 Å². The molecule has 0 unspecified atom stereocenters. The molecule has 1 aromatic carbocycles. The van der Waals surface area contributed by atoms with Crippen LogP contribution in [0.3, 0.4) is 0 Å². The van der Waals surface area contributed by atoms with Crippen LogP contribution in [0.2, 0.25) is 0 Å². The monoisotopic (exact) mass is 247 g/mol. The molecule has 6 heteroatoms. The van der Waals surface area contributed by atoms with Gasteiger partial charge in [0.15, 0.2) is 5.96 Å². The van der Waals surface area contributed by atoms with E-state index in [0.29, 0.717) is 5.13 Å². The van der Waals surface area contributed by atoms with Crippen LogP contribution in [0.4, 0.5) is 5.13 Å². The molecule has 0 aliphatic rings. The number of nitrogens with zero attached hydrogens (tertiary/aromatic N) is 3. The zero-order valence-electron chi connectivity index (χ0n) is 9.64. The molecule has 2 aromatic rings. The Hall–Kier alpha value is -1.95. The summed E-state index contributed by atoms with van der Waals surface area (Å²) < 4.78 is 0. The van der Waals surface area contributed by atoms with Crippen LogP contribution in [-0.2, 0) is 0 Å². The number of guanidine groups is 1. The van der Waals surface area contributed by atoms with Gasteiger partial charge in [0, 0.05) is 5.56 Å². The van der Waals surface area contributed by atoms with E-state index in [-0.39, 0.29) is 5.96 Å². The molecule has 4 N–H and O–H groups in total. The number of rotatable bonds is 2. The maximum atomic E-state index is 5.29. The van der Waals surface area contributed by atoms with E-state index in [1.165, 1.54) is 16.9 Å². The van der Waals surface area contributed by atoms with Crippen LogP contribution in [0.15, 0.2) is 23.2 Å². The first kappa shape index (κ1) is 11.5. The molecule has 0 atom stereocenters. The number of hydrogen-bond donors (Lipinski definition) is 2. The van der Waals surface area contributed by atoms with Crippen LogP contribution >= 0.6 is 11.3 Å². The number of nitrogens with two attached hydrogens (primary N) is 2. The molecule has 1 heterocycles. The second-order valence-corrected chi connectivity index (χ2v) is 4.70. The van der Waals surface area contributed by atoms with Crippen molar-refractivity contribution in [1.29, 1.82) is 0 Å². The van der Waals surface area contributed by atoms with Crippen molar-refractivity contribution in [2.24, 2.45) is 16.5 Å². The Labute approximate surface area is 103 Å². The maximum absolute atomic E-state index is 5.29. The summed E-state index contributed by atoms with van der Waals surface area (Å²) >= 11 is 1.37. The highest BCUT2D eigenvalue weighted by atomic mass is 32.1. The van der Waals surface area contributed by atoms with Crippen molar-refractivity contribution in [2.75, 3.05) is 0 Å². The van der Waals surface area contributed by atoms with E-state index < -0.39 is 0 Å². The average molecular weight is 247 g/mol. The van der Waals surface area contributed by atoms with Gasteiger partial charge in [0.2, 0.25) is 5.13 Å². The zero-order valence-corrected chi connectivity index (χ0v) is 10.5. The van der Waals surface area contributed by atoms with Gasteiger partial charge in [-0.3, -0.25) is 0 Å². The minimum absolute atomic E-state index is 0.00587. The summed E-state index contributed by atoms with van der Waals surface area (Å²) in [5, 5.41) is 9.31. The molecule has 0 fully saturated rings. The SMILES string of the molecule is Cc1ccc(C)c(-c2nnc(N=C(N)N)s2)c1. The van der Waals surface area contributed by atoms with E-state index in [1.54, 1.807) is 0 Å². The average Bonchev–Trinajstić information content (AvgIpc) is 2.69. The lowest BCUT2D eigenvalue weighted by atomic mass is 10.1. The molecule has 88 valence electrons. The molecular weight excluding hydrogens is 234 g/mol. The minimum atomic E-state index is -0.00587. The second kappa shape index (κ2) is 4.50. The molecular formula is C11H13N5S. The van der Waals surface area contributed by atoms with E-state index in [2.05, 4.69) is 33.4 Å². The molecule has 5 nitrogen and oxygen atoms in total. The lowest BCUT2D eigenvalue weighted by Gasteiger charge is -2.02. The second-order valence-electron chi connectivity index (χ2n) is 3.74. The van der Waals surface area contributed by atoms with Gasteiger partial charge in [0.1, 0.15) is 5.01 Å². The molecule has 0 spiro atoms. The van der Waals surface area contributed by atoms with Gasteiger partial charge in [0.05, 0.1) is 0 Å². The zero-order chi connectivity index (χ0) is 12.4. The standard InChI is InChI=1S/C11H13N5S/c1-6-3-4-7(2)8(5-6)9-15-16-11(17-9)14-10(12)13/h3-5H,1-2H3,(H4,12,13,14,16). The molecule has 1 aromatic heterocycles. The Morgan fingerprint density at radius 2 is 2.00 bits per heavy atom. The van der Waals surface area contributed by atoms with Gasteiger partial charge in [0.25, 0.3) is 0 Å². The van der Waals surface area contributed by atoms with Gasteiger partial charge >= 0.3 is 0 Å². The first-order chi connectivity index (χ1) is 8.06. The third-order valence-corrected chi connectivity index (χ3v) is 3.11. The van der Waals surface area contributed by atoms with Crippen LogP contribution in [0.1, 0.15) is 11.1 Å². The smallest absolute Gasteiger partial charge is 0.235 e. The van der Waals surface area contributed by atoms with E-state index in [9.17, 15) is 0 Å². The van der Waals surface area contributed by atoms with Gasteiger partial charge in [-0.25, -0.2) is 0 Å². The van der Waals surface area contributed by atoms with Gasteiger partial charge in [-0.05, 0) is 25.5 Å². The topological polar surface area (TPSA) is 90.2 Å². The first-order valence-corrected chi connectivity index (χ1v) is 5.88. The van der Waals surface area contributed by atoms with Gasteiger partial charge in [-0.15, -0.1) is 10.2 Å². The molecule has 0 amide bonds. The van der Waals surface area contributed by atoms with E-state index in [1.807, 2.05) is 13.8 Å². The summed E-state index contributed by atoms with van der Waals surface area (Å²) in [6, 6.07) is 6.21. The number of hydrogen-bond acceptors (Lipinski definition) is 4. The summed E-state index contributed by atoms with van der Waals surface area (Å²) in [7, 11) is 0. The highest BCUT2D eigenvalue weighted by molar-refractivity contribution is 7.18. The summed E-state index contributed by atoms with van der Waals surface area (Å²) in [6.07, 6.45) is 0. The molecule has 0 aliphatic carbocycles. The van der Waals surface area contributed by atoms with Crippen LogP contribution < -0.4 is 11.5 Å². The molecule has 0 saturated heterocycles. The van der Waals surface area contributed by atoms with Gasteiger partial charge < -0.3 is 11.5 Å². The van der Waals surface area contributed by atoms with Gasteiger partial charge in [-0.1, -0.05) is 29.0 Å². The fourth-order valence-electron chi connectivity index (χ4n) is 1.45. The molecule has 0 saturated carbocycles. The molecule has 2 rings (SSSR count). The van der Waals surface area contributed by atoms with E-state index >= 15 is 0 Å². The highest BCUT2D eigenvalue weighted by Crippen LogP contribution is 2.30. The normalized spacial score (nSPS) is 10.2. The van der Waals surface area contributed by atoms with Crippen LogP contribution in [-0.4, -0.2) is 16.2 Å². The molecule has 0 aliphatic heterocycles. The third kappa shape index (κ3) is 2.59. The lowest BCUT2D eigenvalue weighted by molar-refractivity contribution is 1.08. The summed E-state index contributed by atoms with van der Waals surface area (Å²) in [4.78, 5) is 3.87. The van der Waals surface area contributed by atoms with Crippen molar-refractivity contribution in [3.63, 3.8) is 0 Å². The van der Waals surface area contributed by atoms with E-state index in [4.69, 9.17) is 11.5 Å². The molecule has 17 heavy (non-hydrogen) atoms. The number of benzene rings is 1. The number of aliphatic imine (C=N–C) groups is 1. The minimum Gasteiger partial charge on any atom is -0.370 e. The third-order valence-electron chi connectivity index (χ3n) is 2.26. The van der Waals surface area contributed by atoms with Crippen molar-refractivity contribution >= 4 is 22.4 Å². The highest BCUT2D eigenvalue weighted by Gasteiger charge is 2.08. The Morgan fingerprint density at radius 1 is 1.24 bits per heavy atom. The fraction of sp³-hybridized carbons (Fsp3) is 0.182. The molecule has 0 bridgehead atoms. The van der Waals surface area contributed by atoms with Crippen LogP contribution in [0, 0.1) is 13.8 Å². The largest absolute Gasteiger partial charge is 0.370 e. The van der Waals surface area contributed by atoms with Crippen molar-refractivity contribution in [3.05, 3.63) is 29.3 Å². The number of aryl methyl sites for hydroxylation is 2. The van der Waals surface area contributed by atoms with Crippen molar-refractivity contribution < 1.29 is 0 Å². The molecule has 0 radical (unpaired) electrons. The van der Waals surface area contributed by atoms with Gasteiger partial charge in [-0.2, -0.15) is 4.99 Å². The van der Waals surface area contributed by atoms with Crippen molar-refractivity contribution in [1.82, 2.24) is 10.2 Å². The summed E-state index contributed by atoms with van der Waals surface area (Å²) in [5.41, 5.74) is 14.0. The predicted molar refractivity (Wildman–Crippen MR) is 70.3 cm³/mol. The van der Waals surface area contributed by atoms with E-state index in [0.717, 1.165) is 16.1 Å². The Kier molecular flexibility index (Phi) is 3.06. The van der Waals surface area contributed by atoms with Crippen molar-refractivity contribution in [3.8, 4) is 10.6 Å². The Morgan fingerprint density at radius 3 is 2.71 bits per heavy atom. The number of aromatic nitrogens is 2. The Balaban J connectivity index is 2.43. The predicted octanol–water partition coefficient (Wildman–Crippen LogP) is 1.73. The summed E-state index contributed by atoms with van der Waals surface area (Å²) in [6.45, 7) is 4.08. The first-order valence-electron chi connectivity index (χ1n) is 5.07. The maximum Gasteiger partial charge on any atom is 0.235 e. The Bertz CT molecular complexity index is 569.